The van der Waals surface area contributed by atoms with Gasteiger partial charge in [-0.3, -0.25) is 15.1 Å². The number of carbonyl (C=O) groups excluding carboxylic acids is 1. The highest BCUT2D eigenvalue weighted by atomic mass is 35.5. The lowest BCUT2D eigenvalue weighted by Crippen LogP contribution is -2.36. The van der Waals surface area contributed by atoms with E-state index in [0.29, 0.717) is 24.8 Å². The molecule has 1 amide bonds. The van der Waals surface area contributed by atoms with E-state index >= 15 is 0 Å². The fourth-order valence-electron chi connectivity index (χ4n) is 3.64. The molecule has 1 aromatic heterocycles. The summed E-state index contributed by atoms with van der Waals surface area (Å²) in [4.78, 5) is 20.7. The highest BCUT2D eigenvalue weighted by molar-refractivity contribution is 6.31. The smallest absolute Gasteiger partial charge is 0.258 e. The predicted octanol–water partition coefficient (Wildman–Crippen LogP) is 6.52. The maximum absolute atomic E-state index is 13.5. The van der Waals surface area contributed by atoms with Crippen molar-refractivity contribution in [1.29, 1.82) is 0 Å². The molecular weight excluding hydrogens is 451 g/mol. The highest BCUT2D eigenvalue weighted by Crippen LogP contribution is 2.19. The Bertz CT molecular complexity index is 1330. The van der Waals surface area contributed by atoms with Crippen molar-refractivity contribution in [2.24, 2.45) is 4.99 Å². The van der Waals surface area contributed by atoms with Crippen LogP contribution in [0.25, 0.3) is 10.9 Å². The quantitative estimate of drug-likeness (QED) is 0.219. The van der Waals surface area contributed by atoms with E-state index in [9.17, 15) is 9.18 Å². The molecule has 7 heteroatoms. The van der Waals surface area contributed by atoms with E-state index in [1.807, 2.05) is 48.7 Å². The molecule has 0 fully saturated rings. The Morgan fingerprint density at radius 2 is 1.85 bits per heavy atom. The van der Waals surface area contributed by atoms with Crippen LogP contribution in [0.3, 0.4) is 0 Å². The number of H-pyrrole nitrogens is 1. The van der Waals surface area contributed by atoms with E-state index < -0.39 is 11.7 Å². The molecule has 1 heterocycles. The van der Waals surface area contributed by atoms with Crippen molar-refractivity contribution in [1.82, 2.24) is 10.3 Å². The van der Waals surface area contributed by atoms with Gasteiger partial charge >= 0.3 is 0 Å². The van der Waals surface area contributed by atoms with Gasteiger partial charge < -0.3 is 10.3 Å². The molecule has 0 bridgehead atoms. The normalized spacial score (nSPS) is 11.7. The second-order valence-corrected chi connectivity index (χ2v) is 8.73. The Hall–Kier alpha value is -3.64. The number of aliphatic imine (C=N–C) groups is 1. The summed E-state index contributed by atoms with van der Waals surface area (Å²) in [5.74, 6) is -0.280. The lowest BCUT2D eigenvalue weighted by molar-refractivity contribution is 0.0977. The number of para-hydroxylation sites is 1. The van der Waals surface area contributed by atoms with E-state index in [2.05, 4.69) is 40.5 Å². The topological polar surface area (TPSA) is 69.3 Å². The van der Waals surface area contributed by atoms with Gasteiger partial charge in [-0.15, -0.1) is 0 Å². The maximum atomic E-state index is 13.5. The summed E-state index contributed by atoms with van der Waals surface area (Å²) in [6.07, 6.45) is 2.68. The molecule has 3 aromatic carbocycles. The number of aromatic nitrogens is 1. The minimum Gasteiger partial charge on any atom is -0.361 e. The van der Waals surface area contributed by atoms with Crippen LogP contribution in [0.5, 0.6) is 0 Å². The first-order valence-electron chi connectivity index (χ1n) is 11.1. The maximum Gasteiger partial charge on any atom is 0.258 e. The Morgan fingerprint density at radius 1 is 1.09 bits per heavy atom. The van der Waals surface area contributed by atoms with Gasteiger partial charge in [0.1, 0.15) is 5.82 Å². The van der Waals surface area contributed by atoms with Crippen molar-refractivity contribution in [3.8, 4) is 0 Å². The molecule has 4 rings (SSSR count). The van der Waals surface area contributed by atoms with E-state index in [0.717, 1.165) is 22.2 Å². The molecule has 0 saturated carbocycles. The number of hydrogen-bond acceptors (Lipinski definition) is 2. The zero-order valence-electron chi connectivity index (χ0n) is 19.0. The fraction of sp³-hybridized carbons (Fsp3) is 0.185. The molecule has 0 spiro atoms. The van der Waals surface area contributed by atoms with Gasteiger partial charge in [0.15, 0.2) is 0 Å². The van der Waals surface area contributed by atoms with Crippen molar-refractivity contribution in [3.63, 3.8) is 0 Å². The molecule has 0 aliphatic heterocycles. The molecule has 174 valence electrons. The molecule has 0 unspecified atom stereocenters. The summed E-state index contributed by atoms with van der Waals surface area (Å²) in [6, 6.07) is 19.9. The van der Waals surface area contributed by atoms with Crippen LogP contribution >= 0.6 is 11.6 Å². The van der Waals surface area contributed by atoms with Crippen LogP contribution in [-0.4, -0.2) is 23.4 Å². The van der Waals surface area contributed by atoms with Crippen molar-refractivity contribution in [2.75, 3.05) is 11.9 Å². The predicted molar refractivity (Wildman–Crippen MR) is 137 cm³/mol. The van der Waals surface area contributed by atoms with Gasteiger partial charge in [0.2, 0.25) is 5.96 Å². The number of fused-ring (bicyclic) bond motifs is 1. The van der Waals surface area contributed by atoms with Crippen LogP contribution in [0.4, 0.5) is 10.1 Å². The van der Waals surface area contributed by atoms with Crippen LogP contribution in [0.1, 0.15) is 41.3 Å². The summed E-state index contributed by atoms with van der Waals surface area (Å²) in [5.41, 5.74) is 4.48. The molecule has 34 heavy (non-hydrogen) atoms. The number of anilines is 1. The van der Waals surface area contributed by atoms with Gasteiger partial charge in [-0.1, -0.05) is 55.8 Å². The fourth-order valence-corrected chi connectivity index (χ4v) is 3.82. The molecule has 5 nitrogen and oxygen atoms in total. The Kier molecular flexibility index (Phi) is 7.28. The minimum atomic E-state index is -0.575. The highest BCUT2D eigenvalue weighted by Gasteiger charge is 2.12. The van der Waals surface area contributed by atoms with Crippen molar-refractivity contribution >= 4 is 40.1 Å². The molecular formula is C27H26ClFN4O. The summed E-state index contributed by atoms with van der Waals surface area (Å²) in [6.45, 7) is 4.72. The van der Waals surface area contributed by atoms with E-state index in [1.165, 1.54) is 23.8 Å². The van der Waals surface area contributed by atoms with Crippen LogP contribution < -0.4 is 10.6 Å². The summed E-state index contributed by atoms with van der Waals surface area (Å²) < 4.78 is 13.5. The van der Waals surface area contributed by atoms with E-state index in [4.69, 9.17) is 11.6 Å². The van der Waals surface area contributed by atoms with Gasteiger partial charge in [0, 0.05) is 34.9 Å². The first-order chi connectivity index (χ1) is 16.4. The zero-order valence-corrected chi connectivity index (χ0v) is 19.8. The third-order valence-electron chi connectivity index (χ3n) is 5.58. The van der Waals surface area contributed by atoms with E-state index in [-0.39, 0.29) is 10.6 Å². The summed E-state index contributed by atoms with van der Waals surface area (Å²) in [7, 11) is 0. The van der Waals surface area contributed by atoms with Gasteiger partial charge in [-0.05, 0) is 59.9 Å². The Labute approximate surface area is 203 Å². The second kappa shape index (κ2) is 10.5. The van der Waals surface area contributed by atoms with Gasteiger partial charge in [0.25, 0.3) is 5.91 Å². The number of aromatic amines is 1. The number of guanidine groups is 1. The third kappa shape index (κ3) is 5.64. The average Bonchev–Trinajstić information content (AvgIpc) is 3.24. The number of hydrogen-bond donors (Lipinski definition) is 3. The molecule has 0 atom stereocenters. The van der Waals surface area contributed by atoms with Crippen molar-refractivity contribution in [3.05, 3.63) is 100 Å². The summed E-state index contributed by atoms with van der Waals surface area (Å²) >= 11 is 5.85. The first-order valence-corrected chi connectivity index (χ1v) is 11.5. The standard InChI is InChI=1S/C27H26ClFN4O/c1-17(2)18-7-10-21(11-8-18)32-27(33-26(34)19-9-12-24(29)23(28)15-19)30-14-13-20-16-31-25-6-4-3-5-22(20)25/h3-12,15-17,31H,13-14H2,1-2H3,(H2,30,32,33,34). The van der Waals surface area contributed by atoms with Crippen LogP contribution in [0.2, 0.25) is 5.02 Å². The Morgan fingerprint density at radius 3 is 2.59 bits per heavy atom. The minimum absolute atomic E-state index is 0.109. The number of carbonyl (C=O) groups is 1. The average molecular weight is 477 g/mol. The number of nitrogens with one attached hydrogen (secondary N) is 3. The SMILES string of the molecule is CC(C)c1ccc(NC(=NCCc2c[nH]c3ccccc23)NC(=O)c2ccc(F)c(Cl)c2)cc1. The molecule has 3 N–H and O–H groups in total. The molecule has 0 aliphatic rings. The number of nitrogens with zero attached hydrogens (tertiary/aromatic N) is 1. The summed E-state index contributed by atoms with van der Waals surface area (Å²) in [5, 5.41) is 7.03. The van der Waals surface area contributed by atoms with E-state index in [1.54, 1.807) is 0 Å². The van der Waals surface area contributed by atoms with Crippen molar-refractivity contribution in [2.45, 2.75) is 26.2 Å². The molecule has 0 radical (unpaired) electrons. The lowest BCUT2D eigenvalue weighted by Gasteiger charge is -2.13. The lowest BCUT2D eigenvalue weighted by atomic mass is 10.0. The van der Waals surface area contributed by atoms with Crippen LogP contribution in [0, 0.1) is 5.82 Å². The number of amides is 1. The second-order valence-electron chi connectivity index (χ2n) is 8.32. The monoisotopic (exact) mass is 476 g/mol. The number of rotatable bonds is 6. The van der Waals surface area contributed by atoms with Gasteiger partial charge in [-0.2, -0.15) is 0 Å². The van der Waals surface area contributed by atoms with Gasteiger partial charge in [-0.25, -0.2) is 4.39 Å². The number of benzene rings is 3. The largest absolute Gasteiger partial charge is 0.361 e. The Balaban J connectivity index is 1.53. The number of halogens is 2. The van der Waals surface area contributed by atoms with Crippen LogP contribution in [-0.2, 0) is 6.42 Å². The van der Waals surface area contributed by atoms with Gasteiger partial charge in [0.05, 0.1) is 5.02 Å². The zero-order chi connectivity index (χ0) is 24.1. The third-order valence-corrected chi connectivity index (χ3v) is 5.87. The first kappa shape index (κ1) is 23.5. The molecule has 0 saturated heterocycles. The molecule has 4 aromatic rings. The molecule has 0 aliphatic carbocycles. The van der Waals surface area contributed by atoms with Crippen molar-refractivity contribution < 1.29 is 9.18 Å². The van der Waals surface area contributed by atoms with Crippen LogP contribution in [0.15, 0.2) is 77.9 Å².